The van der Waals surface area contributed by atoms with Gasteiger partial charge in [0, 0.05) is 5.92 Å². The molecule has 82 valence electrons. The highest BCUT2D eigenvalue weighted by Crippen LogP contribution is 2.21. The molecule has 1 rings (SSSR count). The highest BCUT2D eigenvalue weighted by Gasteiger charge is 2.23. The van der Waals surface area contributed by atoms with E-state index in [0.717, 1.165) is 0 Å². The zero-order valence-electron chi connectivity index (χ0n) is 8.57. The van der Waals surface area contributed by atoms with Crippen LogP contribution in [0.2, 0.25) is 0 Å². The Labute approximate surface area is 87.2 Å². The maximum absolute atomic E-state index is 12.9. The van der Waals surface area contributed by atoms with Gasteiger partial charge in [-0.3, -0.25) is 0 Å². The van der Waals surface area contributed by atoms with Crippen molar-refractivity contribution in [2.24, 2.45) is 0 Å². The molecule has 4 heteroatoms. The van der Waals surface area contributed by atoms with Gasteiger partial charge in [-0.25, -0.2) is 9.18 Å². The molecule has 0 aromatic heterocycles. The van der Waals surface area contributed by atoms with Gasteiger partial charge in [-0.2, -0.15) is 0 Å². The molecule has 3 nitrogen and oxygen atoms in total. The van der Waals surface area contributed by atoms with Crippen LogP contribution in [-0.4, -0.2) is 22.3 Å². The van der Waals surface area contributed by atoms with E-state index in [1.807, 2.05) is 0 Å². The van der Waals surface area contributed by atoms with Gasteiger partial charge in [0.1, 0.15) is 5.82 Å². The maximum atomic E-state index is 12.9. The summed E-state index contributed by atoms with van der Waals surface area (Å²) in [4.78, 5) is 10.5. The number of benzene rings is 1. The van der Waals surface area contributed by atoms with Crippen LogP contribution in [-0.2, 0) is 4.79 Å². The number of carboxylic acid groups (broad SMARTS) is 1. The topological polar surface area (TPSA) is 57.5 Å². The highest BCUT2D eigenvalue weighted by atomic mass is 19.1. The average Bonchev–Trinajstić information content (AvgIpc) is 2.19. The molecule has 0 aliphatic heterocycles. The van der Waals surface area contributed by atoms with Gasteiger partial charge < -0.3 is 10.2 Å². The molecule has 1 aromatic rings. The number of aliphatic hydroxyl groups excluding tert-OH is 1. The number of aliphatic hydroxyl groups is 1. The van der Waals surface area contributed by atoms with E-state index >= 15 is 0 Å². The molecule has 15 heavy (non-hydrogen) atoms. The van der Waals surface area contributed by atoms with Crippen molar-refractivity contribution in [3.8, 4) is 0 Å². The molecule has 0 aliphatic rings. The van der Waals surface area contributed by atoms with Crippen molar-refractivity contribution < 1.29 is 19.4 Å². The minimum atomic E-state index is -1.46. The van der Waals surface area contributed by atoms with Gasteiger partial charge in [-0.05, 0) is 24.1 Å². The lowest BCUT2D eigenvalue weighted by Gasteiger charge is -2.15. The van der Waals surface area contributed by atoms with Crippen LogP contribution in [0.3, 0.4) is 0 Å². The summed E-state index contributed by atoms with van der Waals surface area (Å²) in [5.74, 6) is -2.16. The highest BCUT2D eigenvalue weighted by molar-refractivity contribution is 5.73. The molecule has 2 N–H and O–H groups in total. The molecule has 0 radical (unpaired) electrons. The van der Waals surface area contributed by atoms with Gasteiger partial charge in [0.05, 0.1) is 0 Å². The largest absolute Gasteiger partial charge is 0.479 e. The smallest absolute Gasteiger partial charge is 0.333 e. The molecule has 0 saturated carbocycles. The first-order valence-corrected chi connectivity index (χ1v) is 4.60. The second kappa shape index (κ2) is 4.40. The monoisotopic (exact) mass is 212 g/mol. The van der Waals surface area contributed by atoms with Crippen molar-refractivity contribution in [1.82, 2.24) is 0 Å². The van der Waals surface area contributed by atoms with Crippen molar-refractivity contribution >= 4 is 5.97 Å². The Hall–Kier alpha value is -1.42. The first-order chi connectivity index (χ1) is 6.93. The van der Waals surface area contributed by atoms with Crippen molar-refractivity contribution in [3.05, 3.63) is 35.1 Å². The van der Waals surface area contributed by atoms with E-state index in [-0.39, 0.29) is 5.82 Å². The number of rotatable bonds is 3. The summed E-state index contributed by atoms with van der Waals surface area (Å²) >= 11 is 0. The Kier molecular flexibility index (Phi) is 3.42. The van der Waals surface area contributed by atoms with E-state index in [9.17, 15) is 14.3 Å². The van der Waals surface area contributed by atoms with Gasteiger partial charge in [-0.15, -0.1) is 0 Å². The molecule has 2 unspecified atom stereocenters. The molecular weight excluding hydrogens is 199 g/mol. The SMILES string of the molecule is Cc1cc(C(C)C(O)C(=O)O)ccc1F. The first kappa shape index (κ1) is 11.7. The van der Waals surface area contributed by atoms with Crippen LogP contribution in [0.5, 0.6) is 0 Å². The summed E-state index contributed by atoms with van der Waals surface area (Å²) in [5, 5.41) is 17.9. The molecular formula is C11H13FO3. The predicted molar refractivity (Wildman–Crippen MR) is 53.2 cm³/mol. The van der Waals surface area contributed by atoms with Crippen LogP contribution in [0.15, 0.2) is 18.2 Å². The van der Waals surface area contributed by atoms with E-state index in [1.165, 1.54) is 12.1 Å². The fourth-order valence-corrected chi connectivity index (χ4v) is 1.35. The molecule has 0 bridgehead atoms. The Balaban J connectivity index is 2.96. The third-order valence-corrected chi connectivity index (χ3v) is 2.43. The number of aryl methyl sites for hydroxylation is 1. The van der Waals surface area contributed by atoms with Crippen molar-refractivity contribution in [2.75, 3.05) is 0 Å². The molecule has 0 saturated heterocycles. The van der Waals surface area contributed by atoms with E-state index in [2.05, 4.69) is 0 Å². The molecule has 0 fully saturated rings. The lowest BCUT2D eigenvalue weighted by molar-refractivity contribution is -0.147. The number of hydrogen-bond donors (Lipinski definition) is 2. The van der Waals surface area contributed by atoms with Crippen LogP contribution in [0, 0.1) is 12.7 Å². The van der Waals surface area contributed by atoms with Crippen LogP contribution in [0.1, 0.15) is 24.0 Å². The van der Waals surface area contributed by atoms with Gasteiger partial charge in [0.15, 0.2) is 6.10 Å². The summed E-state index contributed by atoms with van der Waals surface area (Å²) in [6.07, 6.45) is -1.46. The molecule has 0 spiro atoms. The molecule has 0 aliphatic carbocycles. The zero-order valence-corrected chi connectivity index (χ0v) is 8.57. The summed E-state index contributed by atoms with van der Waals surface area (Å²) in [7, 11) is 0. The summed E-state index contributed by atoms with van der Waals surface area (Å²) in [6.45, 7) is 3.18. The minimum absolute atomic E-state index is 0.337. The first-order valence-electron chi connectivity index (χ1n) is 4.60. The van der Waals surface area contributed by atoms with E-state index in [0.29, 0.717) is 11.1 Å². The van der Waals surface area contributed by atoms with Crippen LogP contribution < -0.4 is 0 Å². The van der Waals surface area contributed by atoms with E-state index < -0.39 is 18.0 Å². The minimum Gasteiger partial charge on any atom is -0.479 e. The standard InChI is InChI=1S/C11H13FO3/c1-6-5-8(3-4-9(6)12)7(2)10(13)11(14)15/h3-5,7,10,13H,1-2H3,(H,14,15). The predicted octanol–water partition coefficient (Wildman–Crippen LogP) is 1.68. The molecule has 0 amide bonds. The van der Waals surface area contributed by atoms with Crippen LogP contribution >= 0.6 is 0 Å². The summed E-state index contributed by atoms with van der Waals surface area (Å²) in [5.41, 5.74) is 1.06. The Morgan fingerprint density at radius 1 is 1.47 bits per heavy atom. The number of carbonyl (C=O) groups is 1. The van der Waals surface area contributed by atoms with Crippen molar-refractivity contribution in [1.29, 1.82) is 0 Å². The van der Waals surface area contributed by atoms with Crippen LogP contribution in [0.4, 0.5) is 4.39 Å². The number of hydrogen-bond acceptors (Lipinski definition) is 2. The Morgan fingerprint density at radius 2 is 2.07 bits per heavy atom. The number of aliphatic carboxylic acids is 1. The molecule has 0 heterocycles. The van der Waals surface area contributed by atoms with Gasteiger partial charge >= 0.3 is 5.97 Å². The lowest BCUT2D eigenvalue weighted by Crippen LogP contribution is -2.25. The van der Waals surface area contributed by atoms with Gasteiger partial charge in [0.25, 0.3) is 0 Å². The zero-order chi connectivity index (χ0) is 11.6. The average molecular weight is 212 g/mol. The quantitative estimate of drug-likeness (QED) is 0.801. The third kappa shape index (κ3) is 2.53. The van der Waals surface area contributed by atoms with Crippen LogP contribution in [0.25, 0.3) is 0 Å². The van der Waals surface area contributed by atoms with Gasteiger partial charge in [-0.1, -0.05) is 19.1 Å². The fourth-order valence-electron chi connectivity index (χ4n) is 1.35. The number of halogens is 1. The Bertz CT molecular complexity index is 376. The second-order valence-electron chi connectivity index (χ2n) is 3.58. The normalized spacial score (nSPS) is 14.7. The van der Waals surface area contributed by atoms with E-state index in [4.69, 9.17) is 5.11 Å². The molecule has 2 atom stereocenters. The number of carboxylic acids is 1. The summed E-state index contributed by atoms with van der Waals surface area (Å²) < 4.78 is 12.9. The maximum Gasteiger partial charge on any atom is 0.333 e. The molecule has 1 aromatic carbocycles. The second-order valence-corrected chi connectivity index (χ2v) is 3.58. The Morgan fingerprint density at radius 3 is 2.53 bits per heavy atom. The van der Waals surface area contributed by atoms with Crippen molar-refractivity contribution in [2.45, 2.75) is 25.9 Å². The van der Waals surface area contributed by atoms with Crippen molar-refractivity contribution in [3.63, 3.8) is 0 Å². The fraction of sp³-hybridized carbons (Fsp3) is 0.364. The van der Waals surface area contributed by atoms with E-state index in [1.54, 1.807) is 19.9 Å². The summed E-state index contributed by atoms with van der Waals surface area (Å²) in [6, 6.07) is 4.31. The van der Waals surface area contributed by atoms with Gasteiger partial charge in [0.2, 0.25) is 0 Å². The lowest BCUT2D eigenvalue weighted by atomic mass is 9.94. The third-order valence-electron chi connectivity index (χ3n) is 2.43.